The summed E-state index contributed by atoms with van der Waals surface area (Å²) in [4.78, 5) is 17.9. The fraction of sp³-hybridized carbons (Fsp3) is 0.647. The summed E-state index contributed by atoms with van der Waals surface area (Å²) in [6.45, 7) is 13.8. The first-order valence-electron chi connectivity index (χ1n) is 8.26. The van der Waals surface area contributed by atoms with Gasteiger partial charge >= 0.3 is 0 Å². The summed E-state index contributed by atoms with van der Waals surface area (Å²) in [6, 6.07) is 3.89. The summed E-state index contributed by atoms with van der Waals surface area (Å²) in [5.41, 5.74) is 1.30. The van der Waals surface area contributed by atoms with Gasteiger partial charge in [-0.2, -0.15) is 0 Å². The smallest absolute Gasteiger partial charge is 0.192 e. The topological polar surface area (TPSA) is 51.7 Å². The molecule has 0 aromatic carbocycles. The predicted molar refractivity (Wildman–Crippen MR) is 102 cm³/mol. The first kappa shape index (κ1) is 19.6. The number of nitrogens with zero attached hydrogens (tertiary/aromatic N) is 2. The molecule has 0 spiro atoms. The van der Waals surface area contributed by atoms with E-state index in [-0.39, 0.29) is 11.1 Å². The summed E-state index contributed by atoms with van der Waals surface area (Å²) < 4.78 is 12.7. The first-order valence-corrected chi connectivity index (χ1v) is 12.0. The molecule has 1 aliphatic rings. The van der Waals surface area contributed by atoms with E-state index in [9.17, 15) is 4.79 Å². The van der Waals surface area contributed by atoms with E-state index in [2.05, 4.69) is 59.7 Å². The molecule has 0 amide bonds. The molecule has 1 aliphatic heterocycles. The van der Waals surface area contributed by atoms with Gasteiger partial charge in [-0.05, 0) is 46.2 Å². The lowest BCUT2D eigenvalue weighted by atomic mass is 10.2. The number of rotatable bonds is 5. The number of carbonyl (C=O) groups is 1. The van der Waals surface area contributed by atoms with Gasteiger partial charge in [0, 0.05) is 6.54 Å². The highest BCUT2D eigenvalue weighted by atomic mass is 79.9. The quantitative estimate of drug-likeness (QED) is 0.415. The molecule has 0 bridgehead atoms. The van der Waals surface area contributed by atoms with Crippen LogP contribution >= 0.6 is 15.9 Å². The number of hydrogen-bond donors (Lipinski definition) is 0. The van der Waals surface area contributed by atoms with Crippen LogP contribution in [0, 0.1) is 0 Å². The van der Waals surface area contributed by atoms with Crippen LogP contribution in [0.4, 0.5) is 5.69 Å². The molecule has 2 rings (SSSR count). The Hall–Kier alpha value is -0.763. The van der Waals surface area contributed by atoms with Crippen LogP contribution < -0.4 is 4.90 Å². The Balaban J connectivity index is 2.18. The number of carbonyl (C=O) groups excluding carboxylic acids is 1. The van der Waals surface area contributed by atoms with Crippen molar-refractivity contribution in [2.45, 2.75) is 44.9 Å². The van der Waals surface area contributed by atoms with Crippen LogP contribution in [-0.4, -0.2) is 52.0 Å². The van der Waals surface area contributed by atoms with Crippen LogP contribution in [0.3, 0.4) is 0 Å². The Morgan fingerprint density at radius 1 is 1.46 bits per heavy atom. The van der Waals surface area contributed by atoms with Gasteiger partial charge in [0.1, 0.15) is 10.3 Å². The molecule has 7 heteroatoms. The van der Waals surface area contributed by atoms with Crippen LogP contribution in [0.1, 0.15) is 31.3 Å². The van der Waals surface area contributed by atoms with Crippen molar-refractivity contribution < 1.29 is 14.0 Å². The average Bonchev–Trinajstić information content (AvgIpc) is 2.52. The predicted octanol–water partition coefficient (Wildman–Crippen LogP) is 3.88. The second kappa shape index (κ2) is 7.64. The van der Waals surface area contributed by atoms with Gasteiger partial charge in [0.05, 0.1) is 31.5 Å². The van der Waals surface area contributed by atoms with Gasteiger partial charge in [0.2, 0.25) is 0 Å². The minimum atomic E-state index is -1.83. The summed E-state index contributed by atoms with van der Waals surface area (Å²) in [5.74, 6) is 0. The van der Waals surface area contributed by atoms with Gasteiger partial charge in [-0.1, -0.05) is 20.8 Å². The van der Waals surface area contributed by atoms with Gasteiger partial charge in [-0.3, -0.25) is 4.79 Å². The van der Waals surface area contributed by atoms with Crippen molar-refractivity contribution in [3.63, 3.8) is 0 Å². The molecule has 0 saturated carbocycles. The zero-order valence-electron chi connectivity index (χ0n) is 15.1. The normalized spacial score (nSPS) is 19.4. The number of aromatic nitrogens is 1. The number of halogens is 1. The van der Waals surface area contributed by atoms with Crippen molar-refractivity contribution >= 4 is 36.2 Å². The lowest BCUT2D eigenvalue weighted by molar-refractivity contribution is 0.0743. The van der Waals surface area contributed by atoms with Crippen LogP contribution in [0.15, 0.2) is 16.7 Å². The monoisotopic (exact) mass is 414 g/mol. The van der Waals surface area contributed by atoms with Crippen molar-refractivity contribution in [3.8, 4) is 0 Å². The van der Waals surface area contributed by atoms with Crippen molar-refractivity contribution in [1.29, 1.82) is 0 Å². The highest BCUT2D eigenvalue weighted by Crippen LogP contribution is 2.37. The van der Waals surface area contributed by atoms with E-state index in [1.54, 1.807) is 0 Å². The van der Waals surface area contributed by atoms with Crippen LogP contribution in [-0.2, 0) is 9.16 Å². The van der Waals surface area contributed by atoms with Gasteiger partial charge in [0.15, 0.2) is 14.6 Å². The zero-order chi connectivity index (χ0) is 18.0. The summed E-state index contributed by atoms with van der Waals surface area (Å²) in [6.07, 6.45) is 0.807. The highest BCUT2D eigenvalue weighted by molar-refractivity contribution is 9.10. The number of morpholine rings is 1. The number of hydrogen-bond acceptors (Lipinski definition) is 5. The molecule has 1 aromatic heterocycles. The lowest BCUT2D eigenvalue weighted by Crippen LogP contribution is -2.51. The summed E-state index contributed by atoms with van der Waals surface area (Å²) in [5, 5.41) is 0.167. The zero-order valence-corrected chi connectivity index (χ0v) is 17.7. The second-order valence-corrected chi connectivity index (χ2v) is 13.3. The highest BCUT2D eigenvalue weighted by Gasteiger charge is 2.38. The van der Waals surface area contributed by atoms with Crippen LogP contribution in [0.25, 0.3) is 0 Å². The van der Waals surface area contributed by atoms with E-state index >= 15 is 0 Å². The molecule has 5 nitrogen and oxygen atoms in total. The Labute approximate surface area is 154 Å². The molecular formula is C17H27BrN2O3Si. The molecule has 0 radical (unpaired) electrons. The Bertz CT molecular complexity index is 590. The molecule has 0 aliphatic carbocycles. The number of ether oxygens (including phenoxy) is 1. The molecule has 0 N–H and O–H groups in total. The number of pyridine rings is 1. The fourth-order valence-corrected chi connectivity index (χ4v) is 3.77. The van der Waals surface area contributed by atoms with E-state index in [0.717, 1.165) is 18.5 Å². The molecular weight excluding hydrogens is 388 g/mol. The minimum Gasteiger partial charge on any atom is -0.415 e. The Morgan fingerprint density at radius 2 is 2.17 bits per heavy atom. The van der Waals surface area contributed by atoms with E-state index in [4.69, 9.17) is 9.16 Å². The van der Waals surface area contributed by atoms with Crippen LogP contribution in [0.2, 0.25) is 18.1 Å². The van der Waals surface area contributed by atoms with Gasteiger partial charge in [0.25, 0.3) is 0 Å². The maximum atomic E-state index is 11.4. The summed E-state index contributed by atoms with van der Waals surface area (Å²) >= 11 is 3.32. The van der Waals surface area contributed by atoms with Crippen molar-refractivity contribution in [2.75, 3.05) is 31.3 Å². The SMILES string of the molecule is CC(C)(C)[Si](C)(C)OCC1COCCN1c1ccc(Br)nc1C=O. The third-order valence-electron chi connectivity index (χ3n) is 4.96. The Kier molecular flexibility index (Phi) is 6.22. The third kappa shape index (κ3) is 4.44. The van der Waals surface area contributed by atoms with E-state index in [1.807, 2.05) is 12.1 Å². The van der Waals surface area contributed by atoms with E-state index in [0.29, 0.717) is 30.1 Å². The molecule has 1 atom stereocenters. The van der Waals surface area contributed by atoms with Gasteiger partial charge < -0.3 is 14.1 Å². The van der Waals surface area contributed by atoms with Gasteiger partial charge in [-0.15, -0.1) is 0 Å². The maximum absolute atomic E-state index is 11.4. The molecule has 1 aromatic rings. The third-order valence-corrected chi connectivity index (χ3v) is 9.90. The fourth-order valence-electron chi connectivity index (χ4n) is 2.40. The van der Waals surface area contributed by atoms with Crippen molar-refractivity contribution in [3.05, 3.63) is 22.4 Å². The van der Waals surface area contributed by atoms with Crippen LogP contribution in [0.5, 0.6) is 0 Å². The molecule has 134 valence electrons. The summed E-state index contributed by atoms with van der Waals surface area (Å²) in [7, 11) is -1.83. The van der Waals surface area contributed by atoms with Gasteiger partial charge in [-0.25, -0.2) is 4.98 Å². The second-order valence-electron chi connectivity index (χ2n) is 7.65. The molecule has 2 heterocycles. The number of aldehydes is 1. The molecule has 24 heavy (non-hydrogen) atoms. The van der Waals surface area contributed by atoms with E-state index in [1.165, 1.54) is 0 Å². The first-order chi connectivity index (χ1) is 11.2. The largest absolute Gasteiger partial charge is 0.415 e. The number of anilines is 1. The minimum absolute atomic E-state index is 0.0922. The molecule has 1 fully saturated rings. The molecule has 1 saturated heterocycles. The van der Waals surface area contributed by atoms with Crippen molar-refractivity contribution in [1.82, 2.24) is 4.98 Å². The lowest BCUT2D eigenvalue weighted by Gasteiger charge is -2.41. The maximum Gasteiger partial charge on any atom is 0.192 e. The standard InChI is InChI=1S/C17H27BrN2O3Si/c1-17(2,3)24(4,5)23-12-13-11-22-9-8-20(13)15-6-7-16(18)19-14(15)10-21/h6-7,10,13H,8-9,11-12H2,1-5H3. The van der Waals surface area contributed by atoms with E-state index < -0.39 is 8.32 Å². The molecule has 1 unspecified atom stereocenters. The van der Waals surface area contributed by atoms with Crippen molar-refractivity contribution in [2.24, 2.45) is 0 Å². The average molecular weight is 415 g/mol. The Morgan fingerprint density at radius 3 is 2.79 bits per heavy atom.